The number of aliphatic hydroxyl groups excluding tert-OH is 1. The van der Waals surface area contributed by atoms with Crippen LogP contribution in [-0.4, -0.2) is 33.0 Å². The first-order valence-electron chi connectivity index (χ1n) is 9.54. The largest absolute Gasteiger partial charge is 0.479 e. The Hall–Kier alpha value is -1.15. The maximum Gasteiger partial charge on any atom is 0.337 e. The highest BCUT2D eigenvalue weighted by Gasteiger charge is 2.37. The second-order valence-electron chi connectivity index (χ2n) is 8.77. The topological polar surface area (TPSA) is 77.8 Å². The lowest BCUT2D eigenvalue weighted by Crippen LogP contribution is -2.46. The molecule has 0 unspecified atom stereocenters. The van der Waals surface area contributed by atoms with Gasteiger partial charge in [-0.1, -0.05) is 13.8 Å². The molecule has 5 nitrogen and oxygen atoms in total. The summed E-state index contributed by atoms with van der Waals surface area (Å²) in [4.78, 5) is 26.3. The van der Waals surface area contributed by atoms with Crippen LogP contribution in [0, 0.1) is 22.8 Å². The zero-order chi connectivity index (χ0) is 20.1. The van der Waals surface area contributed by atoms with Crippen LogP contribution >= 0.6 is 22.6 Å². The van der Waals surface area contributed by atoms with E-state index in [9.17, 15) is 19.8 Å². The first-order chi connectivity index (χ1) is 12.5. The van der Waals surface area contributed by atoms with Crippen LogP contribution in [0.15, 0.2) is 0 Å². The molecule has 0 spiro atoms. The number of hydrogen-bond donors (Lipinski definition) is 2. The highest BCUT2D eigenvalue weighted by Crippen LogP contribution is 2.40. The lowest BCUT2D eigenvalue weighted by molar-refractivity contribution is -0.147. The van der Waals surface area contributed by atoms with Crippen LogP contribution in [0.25, 0.3) is 0 Å². The van der Waals surface area contributed by atoms with Crippen molar-refractivity contribution in [1.29, 1.82) is 0 Å². The summed E-state index contributed by atoms with van der Waals surface area (Å²) in [5.41, 5.74) is 4.55. The van der Waals surface area contributed by atoms with E-state index < -0.39 is 12.1 Å². The lowest BCUT2D eigenvalue weighted by atomic mass is 9.74. The van der Waals surface area contributed by atoms with E-state index in [2.05, 4.69) is 36.4 Å². The minimum Gasteiger partial charge on any atom is -0.479 e. The molecule has 1 saturated carbocycles. The highest BCUT2D eigenvalue weighted by molar-refractivity contribution is 14.1. The van der Waals surface area contributed by atoms with Gasteiger partial charge < -0.3 is 15.1 Å². The Labute approximate surface area is 174 Å². The average Bonchev–Trinajstić information content (AvgIpc) is 2.60. The number of carbonyl (C=O) groups excluding carboxylic acids is 1. The maximum absolute atomic E-state index is 12.9. The summed E-state index contributed by atoms with van der Waals surface area (Å²) in [5.74, 6) is -1.14. The van der Waals surface area contributed by atoms with Crippen molar-refractivity contribution in [2.24, 2.45) is 5.41 Å². The van der Waals surface area contributed by atoms with E-state index in [1.165, 1.54) is 0 Å². The van der Waals surface area contributed by atoms with Gasteiger partial charge in [0.15, 0.2) is 6.10 Å². The summed E-state index contributed by atoms with van der Waals surface area (Å²) < 4.78 is 0.790. The molecule has 0 saturated heterocycles. The molecule has 1 aromatic rings. The third-order valence-electron chi connectivity index (χ3n) is 6.47. The van der Waals surface area contributed by atoms with Crippen LogP contribution in [0.3, 0.4) is 0 Å². The second kappa shape index (κ2) is 7.35. The van der Waals surface area contributed by atoms with Crippen molar-refractivity contribution in [3.8, 4) is 0 Å². The van der Waals surface area contributed by atoms with Gasteiger partial charge in [0.25, 0.3) is 0 Å². The molecule has 0 bridgehead atoms. The van der Waals surface area contributed by atoms with Crippen molar-refractivity contribution in [3.63, 3.8) is 0 Å². The fourth-order valence-corrected chi connectivity index (χ4v) is 5.58. The number of rotatable bonds is 3. The summed E-state index contributed by atoms with van der Waals surface area (Å²) in [6, 6.07) is 0.292. The maximum atomic E-state index is 12.9. The van der Waals surface area contributed by atoms with Crippen LogP contribution in [0.5, 0.6) is 0 Å². The predicted molar refractivity (Wildman–Crippen MR) is 112 cm³/mol. The number of nitrogens with zero attached hydrogens (tertiary/aromatic N) is 1. The van der Waals surface area contributed by atoms with E-state index in [1.54, 1.807) is 0 Å². The monoisotopic (exact) mass is 485 g/mol. The quantitative estimate of drug-likeness (QED) is 0.638. The van der Waals surface area contributed by atoms with Gasteiger partial charge in [0.2, 0.25) is 5.91 Å². The number of benzene rings is 1. The summed E-state index contributed by atoms with van der Waals surface area (Å²) in [7, 11) is 0. The fraction of sp³-hybridized carbons (Fsp3) is 0.619. The highest BCUT2D eigenvalue weighted by atomic mass is 127. The third-order valence-corrected chi connectivity index (χ3v) is 7.86. The van der Waals surface area contributed by atoms with Crippen LogP contribution in [0.2, 0.25) is 0 Å². The van der Waals surface area contributed by atoms with Gasteiger partial charge in [-0.05, 0) is 89.8 Å². The van der Waals surface area contributed by atoms with Gasteiger partial charge >= 0.3 is 5.97 Å². The SMILES string of the molecule is Cc1c(I)c([C@H](O)C(=O)O)c(C)c2c1CN(C1CCC(C)(C)CC1)C(=O)C2. The van der Waals surface area contributed by atoms with Gasteiger partial charge in [-0.3, -0.25) is 4.79 Å². The van der Waals surface area contributed by atoms with Crippen LogP contribution in [-0.2, 0) is 22.6 Å². The molecular weight excluding hydrogens is 457 g/mol. The smallest absolute Gasteiger partial charge is 0.337 e. The Morgan fingerprint density at radius 1 is 1.19 bits per heavy atom. The Kier molecular flexibility index (Phi) is 5.60. The molecular formula is C21H28INO4. The second-order valence-corrected chi connectivity index (χ2v) is 9.85. The molecule has 0 radical (unpaired) electrons. The molecule has 3 rings (SSSR count). The van der Waals surface area contributed by atoms with Gasteiger partial charge in [0, 0.05) is 21.7 Å². The van der Waals surface area contributed by atoms with Crippen LogP contribution in [0.4, 0.5) is 0 Å². The van der Waals surface area contributed by atoms with Crippen molar-refractivity contribution in [2.45, 2.75) is 78.5 Å². The Bertz CT molecular complexity index is 792. The minimum atomic E-state index is -1.56. The summed E-state index contributed by atoms with van der Waals surface area (Å²) >= 11 is 2.13. The molecule has 1 aliphatic carbocycles. The number of hydrogen-bond acceptors (Lipinski definition) is 3. The van der Waals surface area contributed by atoms with Crippen molar-refractivity contribution in [3.05, 3.63) is 31.4 Å². The third kappa shape index (κ3) is 3.75. The molecule has 1 atom stereocenters. The minimum absolute atomic E-state index is 0.117. The number of aliphatic hydroxyl groups is 1. The number of aliphatic carboxylic acids is 1. The van der Waals surface area contributed by atoms with E-state index in [0.717, 1.165) is 51.5 Å². The van der Waals surface area contributed by atoms with E-state index in [1.807, 2.05) is 18.7 Å². The van der Waals surface area contributed by atoms with E-state index in [-0.39, 0.29) is 12.3 Å². The molecule has 1 aliphatic heterocycles. The van der Waals surface area contributed by atoms with Gasteiger partial charge in [0.05, 0.1) is 6.42 Å². The van der Waals surface area contributed by atoms with Gasteiger partial charge in [0.1, 0.15) is 0 Å². The molecule has 2 aliphatic rings. The molecule has 1 heterocycles. The Morgan fingerprint density at radius 2 is 1.78 bits per heavy atom. The van der Waals surface area contributed by atoms with E-state index >= 15 is 0 Å². The molecule has 1 aromatic carbocycles. The van der Waals surface area contributed by atoms with Crippen molar-refractivity contribution in [2.75, 3.05) is 0 Å². The molecule has 6 heteroatoms. The normalized spacial score (nSPS) is 21.1. The number of carboxylic acid groups (broad SMARTS) is 1. The molecule has 2 N–H and O–H groups in total. The standard InChI is InChI=1S/C21H28INO4/c1-11-14-9-16(24)23(13-5-7-21(3,4)8-6-13)10-15(14)12(2)18(22)17(11)19(25)20(26)27/h13,19,25H,5-10H2,1-4H3,(H,26,27)/t19-/m0/s1. The first kappa shape index (κ1) is 20.6. The number of halogens is 1. The van der Waals surface area contributed by atoms with Crippen molar-refractivity contribution >= 4 is 34.5 Å². The molecule has 148 valence electrons. The molecule has 27 heavy (non-hydrogen) atoms. The van der Waals surface area contributed by atoms with Gasteiger partial charge in [-0.15, -0.1) is 0 Å². The number of carboxylic acids is 1. The van der Waals surface area contributed by atoms with Gasteiger partial charge in [-0.2, -0.15) is 0 Å². The van der Waals surface area contributed by atoms with E-state index in [0.29, 0.717) is 23.6 Å². The summed E-state index contributed by atoms with van der Waals surface area (Å²) in [5, 5.41) is 19.4. The van der Waals surface area contributed by atoms with Gasteiger partial charge in [-0.25, -0.2) is 4.79 Å². The molecule has 0 aromatic heterocycles. The predicted octanol–water partition coefficient (Wildman–Crippen LogP) is 3.88. The van der Waals surface area contributed by atoms with E-state index in [4.69, 9.17) is 0 Å². The van der Waals surface area contributed by atoms with Crippen molar-refractivity contribution < 1.29 is 19.8 Å². The summed E-state index contributed by atoms with van der Waals surface area (Å²) in [6.07, 6.45) is 3.08. The van der Waals surface area contributed by atoms with Crippen molar-refractivity contribution in [1.82, 2.24) is 4.90 Å². The number of amides is 1. The average molecular weight is 485 g/mol. The zero-order valence-corrected chi connectivity index (χ0v) is 18.6. The molecule has 1 amide bonds. The lowest BCUT2D eigenvalue weighted by Gasteiger charge is -2.43. The molecule has 1 fully saturated rings. The van der Waals surface area contributed by atoms with Crippen LogP contribution < -0.4 is 0 Å². The Morgan fingerprint density at radius 3 is 2.33 bits per heavy atom. The number of carbonyl (C=O) groups is 2. The summed E-state index contributed by atoms with van der Waals surface area (Å²) in [6.45, 7) is 8.97. The zero-order valence-electron chi connectivity index (χ0n) is 16.4. The fourth-order valence-electron chi connectivity index (χ4n) is 4.56. The van der Waals surface area contributed by atoms with Crippen LogP contribution in [0.1, 0.15) is 73.5 Å². The Balaban J connectivity index is 1.96. The first-order valence-corrected chi connectivity index (χ1v) is 10.6. The number of fused-ring (bicyclic) bond motifs is 1.